The van der Waals surface area contributed by atoms with E-state index in [4.69, 9.17) is 27.6 Å². The molecule has 0 spiro atoms. The number of nitrogens with one attached hydrogen (secondary N) is 1. The first-order valence-corrected chi connectivity index (χ1v) is 9.69. The van der Waals surface area contributed by atoms with Gasteiger partial charge in [-0.2, -0.15) is 0 Å². The molecule has 152 valence electrons. The van der Waals surface area contributed by atoms with Gasteiger partial charge in [0.05, 0.1) is 19.4 Å². The van der Waals surface area contributed by atoms with Gasteiger partial charge < -0.3 is 8.98 Å². The van der Waals surface area contributed by atoms with Crippen LogP contribution in [0.5, 0.6) is 0 Å². The fourth-order valence-electron chi connectivity index (χ4n) is 3.10. The number of carbonyl (C=O) groups is 3. The molecule has 0 bridgehead atoms. The highest BCUT2D eigenvalue weighted by molar-refractivity contribution is 6.36. The number of hydrogen-bond acceptors (Lipinski definition) is 4. The van der Waals surface area contributed by atoms with Crippen LogP contribution < -0.4 is 5.32 Å². The highest BCUT2D eigenvalue weighted by atomic mass is 35.5. The van der Waals surface area contributed by atoms with Crippen molar-refractivity contribution in [1.82, 2.24) is 14.8 Å². The molecule has 1 aliphatic rings. The maximum absolute atomic E-state index is 12.9. The summed E-state index contributed by atoms with van der Waals surface area (Å²) in [6, 6.07) is 11.2. The molecule has 1 fully saturated rings. The summed E-state index contributed by atoms with van der Waals surface area (Å²) >= 11 is 12.5. The number of hydrogen-bond donors (Lipinski definition) is 1. The van der Waals surface area contributed by atoms with E-state index in [0.29, 0.717) is 33.6 Å². The van der Waals surface area contributed by atoms with Crippen molar-refractivity contribution in [3.05, 3.63) is 87.6 Å². The third-order valence-electron chi connectivity index (χ3n) is 4.63. The van der Waals surface area contributed by atoms with E-state index in [9.17, 15) is 14.4 Å². The molecule has 0 atom stereocenters. The summed E-state index contributed by atoms with van der Waals surface area (Å²) < 4.78 is 7.00. The van der Waals surface area contributed by atoms with Crippen LogP contribution in [0.4, 0.5) is 4.79 Å². The van der Waals surface area contributed by atoms with E-state index in [1.807, 2.05) is 0 Å². The van der Waals surface area contributed by atoms with Gasteiger partial charge in [0.2, 0.25) is 0 Å². The third-order valence-corrected chi connectivity index (χ3v) is 5.34. The van der Waals surface area contributed by atoms with Crippen LogP contribution in [0.2, 0.25) is 10.0 Å². The van der Waals surface area contributed by atoms with Crippen molar-refractivity contribution < 1.29 is 18.8 Å². The third kappa shape index (κ3) is 3.90. The average Bonchev–Trinajstić information content (AvgIpc) is 3.37. The van der Waals surface area contributed by atoms with Crippen LogP contribution in [-0.4, -0.2) is 27.3 Å². The normalized spacial score (nSPS) is 15.7. The summed E-state index contributed by atoms with van der Waals surface area (Å²) in [6.45, 7) is 0.258. The topological polar surface area (TPSA) is 84.6 Å². The predicted molar refractivity (Wildman–Crippen MR) is 111 cm³/mol. The fraction of sp³-hybridized carbons (Fsp3) is 0.0952. The number of benzene rings is 1. The van der Waals surface area contributed by atoms with Gasteiger partial charge in [-0.15, -0.1) is 0 Å². The van der Waals surface area contributed by atoms with Crippen molar-refractivity contribution in [3.8, 4) is 0 Å². The molecular weight excluding hydrogens is 429 g/mol. The van der Waals surface area contributed by atoms with Crippen LogP contribution in [0.25, 0.3) is 6.08 Å². The summed E-state index contributed by atoms with van der Waals surface area (Å²) in [6.07, 6.45) is 4.66. The molecule has 1 aromatic carbocycles. The number of furan rings is 1. The molecule has 2 aromatic heterocycles. The van der Waals surface area contributed by atoms with E-state index in [1.54, 1.807) is 53.2 Å². The van der Waals surface area contributed by atoms with Gasteiger partial charge in [-0.1, -0.05) is 29.3 Å². The summed E-state index contributed by atoms with van der Waals surface area (Å²) in [4.78, 5) is 38.3. The molecule has 4 rings (SSSR count). The summed E-state index contributed by atoms with van der Waals surface area (Å²) in [5, 5.41) is 3.21. The molecule has 0 saturated carbocycles. The Balaban J connectivity index is 1.64. The zero-order valence-corrected chi connectivity index (χ0v) is 17.0. The van der Waals surface area contributed by atoms with E-state index in [1.165, 1.54) is 12.3 Å². The van der Waals surface area contributed by atoms with Crippen LogP contribution >= 0.6 is 23.2 Å². The lowest BCUT2D eigenvalue weighted by molar-refractivity contribution is -0.130. The number of amides is 4. The SMILES string of the molecule is O=C1NC(=O)N(Cc2ccco2)C(=O)C1=Cc1cccn1Cc1c(Cl)cccc1Cl. The summed E-state index contributed by atoms with van der Waals surface area (Å²) in [7, 11) is 0. The molecule has 1 aliphatic heterocycles. The van der Waals surface area contributed by atoms with E-state index in [-0.39, 0.29) is 12.1 Å². The molecule has 3 heterocycles. The highest BCUT2D eigenvalue weighted by Crippen LogP contribution is 2.26. The number of rotatable bonds is 5. The van der Waals surface area contributed by atoms with E-state index < -0.39 is 17.8 Å². The second-order valence-electron chi connectivity index (χ2n) is 6.55. The number of nitrogens with zero attached hydrogens (tertiary/aromatic N) is 2. The smallest absolute Gasteiger partial charge is 0.331 e. The number of halogens is 2. The van der Waals surface area contributed by atoms with Crippen LogP contribution in [0.15, 0.2) is 64.9 Å². The van der Waals surface area contributed by atoms with Gasteiger partial charge in [0.25, 0.3) is 11.8 Å². The lowest BCUT2D eigenvalue weighted by atomic mass is 10.1. The lowest BCUT2D eigenvalue weighted by Gasteiger charge is -2.25. The molecule has 1 N–H and O–H groups in total. The van der Waals surface area contributed by atoms with Crippen LogP contribution in [0.3, 0.4) is 0 Å². The molecule has 0 radical (unpaired) electrons. The summed E-state index contributed by atoms with van der Waals surface area (Å²) in [5.41, 5.74) is 1.13. The minimum Gasteiger partial charge on any atom is -0.467 e. The minimum absolute atomic E-state index is 0.0848. The van der Waals surface area contributed by atoms with E-state index in [0.717, 1.165) is 4.90 Å². The van der Waals surface area contributed by atoms with Crippen molar-refractivity contribution in [2.24, 2.45) is 0 Å². The number of urea groups is 1. The highest BCUT2D eigenvalue weighted by Gasteiger charge is 2.36. The Morgan fingerprint density at radius 2 is 1.73 bits per heavy atom. The Morgan fingerprint density at radius 3 is 2.43 bits per heavy atom. The molecular formula is C21H15Cl2N3O4. The molecule has 0 aliphatic carbocycles. The average molecular weight is 444 g/mol. The molecule has 7 nitrogen and oxygen atoms in total. The minimum atomic E-state index is -0.795. The Morgan fingerprint density at radius 1 is 0.967 bits per heavy atom. The second-order valence-corrected chi connectivity index (χ2v) is 7.36. The Kier molecular flexibility index (Phi) is 5.48. The maximum atomic E-state index is 12.9. The maximum Gasteiger partial charge on any atom is 0.331 e. The van der Waals surface area contributed by atoms with Crippen LogP contribution in [-0.2, 0) is 22.7 Å². The van der Waals surface area contributed by atoms with Gasteiger partial charge in [0.1, 0.15) is 11.3 Å². The van der Waals surface area contributed by atoms with Crippen LogP contribution in [0.1, 0.15) is 17.0 Å². The first kappa shape index (κ1) is 20.0. The first-order valence-electron chi connectivity index (χ1n) is 8.93. The molecule has 3 aromatic rings. The standard InChI is InChI=1S/C21H15Cl2N3O4/c22-17-6-1-7-18(23)16(17)12-25-8-2-4-13(25)10-15-19(27)24-21(29)26(20(15)28)11-14-5-3-9-30-14/h1-10H,11-12H2,(H,24,27,29). The van der Waals surface area contributed by atoms with Crippen molar-refractivity contribution in [3.63, 3.8) is 0 Å². The zero-order chi connectivity index (χ0) is 21.3. The molecule has 0 unspecified atom stereocenters. The van der Waals surface area contributed by atoms with Gasteiger partial charge >= 0.3 is 6.03 Å². The van der Waals surface area contributed by atoms with Gasteiger partial charge in [-0.05, 0) is 42.5 Å². The number of aromatic nitrogens is 1. The summed E-state index contributed by atoms with van der Waals surface area (Å²) in [5.74, 6) is -1.04. The number of barbiturate groups is 1. The molecule has 1 saturated heterocycles. The van der Waals surface area contributed by atoms with E-state index >= 15 is 0 Å². The van der Waals surface area contributed by atoms with Crippen molar-refractivity contribution >= 4 is 47.1 Å². The van der Waals surface area contributed by atoms with Crippen molar-refractivity contribution in [2.45, 2.75) is 13.1 Å². The zero-order valence-electron chi connectivity index (χ0n) is 15.5. The Labute approximate surface area is 181 Å². The van der Waals surface area contributed by atoms with E-state index in [2.05, 4.69) is 5.32 Å². The van der Waals surface area contributed by atoms with Gasteiger partial charge in [-0.3, -0.25) is 19.8 Å². The van der Waals surface area contributed by atoms with Gasteiger partial charge in [-0.25, -0.2) is 4.79 Å². The second kappa shape index (κ2) is 8.22. The monoisotopic (exact) mass is 443 g/mol. The lowest BCUT2D eigenvalue weighted by Crippen LogP contribution is -2.53. The molecule has 4 amide bonds. The fourth-order valence-corrected chi connectivity index (χ4v) is 3.62. The van der Waals surface area contributed by atoms with Gasteiger partial charge in [0, 0.05) is 27.5 Å². The quantitative estimate of drug-likeness (QED) is 0.475. The van der Waals surface area contributed by atoms with Crippen molar-refractivity contribution in [1.29, 1.82) is 0 Å². The number of imide groups is 2. The Hall–Kier alpha value is -3.29. The predicted octanol–water partition coefficient (Wildman–Crippen LogP) is 4.10. The van der Waals surface area contributed by atoms with Crippen LogP contribution in [0, 0.1) is 0 Å². The van der Waals surface area contributed by atoms with Crippen molar-refractivity contribution in [2.75, 3.05) is 0 Å². The first-order chi connectivity index (χ1) is 14.4. The molecule has 30 heavy (non-hydrogen) atoms. The molecule has 9 heteroatoms. The number of carbonyl (C=O) groups excluding carboxylic acids is 3. The Bertz CT molecular complexity index is 1140. The largest absolute Gasteiger partial charge is 0.467 e. The van der Waals surface area contributed by atoms with Gasteiger partial charge in [0.15, 0.2) is 0 Å².